The zero-order valence-electron chi connectivity index (χ0n) is 10.4. The number of nitrogens with zero attached hydrogens (tertiary/aromatic N) is 1. The number of rotatable bonds is 2. The van der Waals surface area contributed by atoms with Crippen LogP contribution in [-0.2, 0) is 5.41 Å². The second-order valence-electron chi connectivity index (χ2n) is 5.42. The number of thiophene rings is 1. The van der Waals surface area contributed by atoms with Gasteiger partial charge in [0.2, 0.25) is 0 Å². The molecule has 16 heavy (non-hydrogen) atoms. The molecule has 0 atom stereocenters. The maximum absolute atomic E-state index is 10.5. The van der Waals surface area contributed by atoms with Crippen molar-refractivity contribution >= 4 is 11.3 Å². The van der Waals surface area contributed by atoms with Crippen molar-refractivity contribution < 1.29 is 5.11 Å². The first-order valence-electron chi connectivity index (χ1n) is 5.91. The molecule has 1 aromatic heterocycles. The maximum Gasteiger partial charge on any atom is 0.0696 e. The number of hydrogen-bond donors (Lipinski definition) is 1. The molecule has 0 bridgehead atoms. The Labute approximate surface area is 102 Å². The van der Waals surface area contributed by atoms with Gasteiger partial charge in [-0.25, -0.2) is 0 Å². The van der Waals surface area contributed by atoms with E-state index in [1.807, 2.05) is 13.8 Å². The molecule has 0 aromatic carbocycles. The molecule has 0 amide bonds. The molecule has 2 nitrogen and oxygen atoms in total. The van der Waals surface area contributed by atoms with Crippen molar-refractivity contribution in [3.8, 4) is 0 Å². The first-order chi connectivity index (χ1) is 7.46. The van der Waals surface area contributed by atoms with E-state index in [1.165, 1.54) is 4.88 Å². The number of piperidine rings is 1. The van der Waals surface area contributed by atoms with E-state index < -0.39 is 5.60 Å². The Kier molecular flexibility index (Phi) is 3.12. The number of hydrogen-bond acceptors (Lipinski definition) is 3. The molecule has 2 rings (SSSR count). The van der Waals surface area contributed by atoms with Crippen LogP contribution < -0.4 is 0 Å². The summed E-state index contributed by atoms with van der Waals surface area (Å²) in [5.41, 5.74) is -0.688. The third kappa shape index (κ3) is 1.92. The lowest BCUT2D eigenvalue weighted by Crippen LogP contribution is -2.53. The van der Waals surface area contributed by atoms with Crippen molar-refractivity contribution in [2.75, 3.05) is 20.1 Å². The van der Waals surface area contributed by atoms with Crippen molar-refractivity contribution in [3.63, 3.8) is 0 Å². The lowest BCUT2D eigenvalue weighted by Gasteiger charge is -2.47. The molecular weight excluding hydrogens is 218 g/mol. The molecule has 0 saturated carbocycles. The molecule has 1 fully saturated rings. The molecule has 1 aliphatic heterocycles. The highest BCUT2D eigenvalue weighted by Crippen LogP contribution is 2.45. The lowest BCUT2D eigenvalue weighted by molar-refractivity contribution is -0.0344. The van der Waals surface area contributed by atoms with Gasteiger partial charge in [0.25, 0.3) is 0 Å². The molecule has 0 unspecified atom stereocenters. The molecule has 0 radical (unpaired) electrons. The van der Waals surface area contributed by atoms with E-state index in [1.54, 1.807) is 11.3 Å². The molecule has 1 saturated heterocycles. The van der Waals surface area contributed by atoms with Crippen LogP contribution >= 0.6 is 11.3 Å². The van der Waals surface area contributed by atoms with Gasteiger partial charge in [-0.3, -0.25) is 0 Å². The summed E-state index contributed by atoms with van der Waals surface area (Å²) in [6.07, 6.45) is 2.10. The van der Waals surface area contributed by atoms with Crippen LogP contribution in [0, 0.1) is 0 Å². The fraction of sp³-hybridized carbons (Fsp3) is 0.692. The van der Waals surface area contributed by atoms with Gasteiger partial charge in [-0.15, -0.1) is 11.3 Å². The van der Waals surface area contributed by atoms with Crippen LogP contribution in [-0.4, -0.2) is 35.7 Å². The van der Waals surface area contributed by atoms with Gasteiger partial charge in [-0.2, -0.15) is 0 Å². The minimum absolute atomic E-state index is 0.0479. The molecule has 0 aliphatic carbocycles. The standard InChI is InChI=1S/C13H21NOS/c1-12(2,15)13(11-5-4-10-16-11)6-8-14(3)9-7-13/h4-5,10,15H,6-9H2,1-3H3. The van der Waals surface area contributed by atoms with E-state index in [9.17, 15) is 5.11 Å². The average molecular weight is 239 g/mol. The molecule has 0 spiro atoms. The largest absolute Gasteiger partial charge is 0.390 e. The van der Waals surface area contributed by atoms with Crippen molar-refractivity contribution in [3.05, 3.63) is 22.4 Å². The van der Waals surface area contributed by atoms with Gasteiger partial charge < -0.3 is 10.0 Å². The Hall–Kier alpha value is -0.380. The van der Waals surface area contributed by atoms with Crippen LogP contribution in [0.3, 0.4) is 0 Å². The van der Waals surface area contributed by atoms with Crippen molar-refractivity contribution in [1.82, 2.24) is 4.90 Å². The van der Waals surface area contributed by atoms with Gasteiger partial charge in [0.05, 0.1) is 5.60 Å². The highest BCUT2D eigenvalue weighted by Gasteiger charge is 2.47. The zero-order valence-corrected chi connectivity index (χ0v) is 11.2. The number of likely N-dealkylation sites (tertiary alicyclic amines) is 1. The molecular formula is C13H21NOS. The van der Waals surface area contributed by atoms with Gasteiger partial charge in [-0.1, -0.05) is 6.07 Å². The highest BCUT2D eigenvalue weighted by atomic mass is 32.1. The summed E-state index contributed by atoms with van der Waals surface area (Å²) in [6, 6.07) is 4.26. The Morgan fingerprint density at radius 1 is 1.38 bits per heavy atom. The van der Waals surface area contributed by atoms with Gasteiger partial charge in [0, 0.05) is 10.3 Å². The SMILES string of the molecule is CN1CCC(c2cccs2)(C(C)(C)O)CC1. The fourth-order valence-electron chi connectivity index (χ4n) is 2.71. The lowest BCUT2D eigenvalue weighted by atomic mass is 9.66. The first-order valence-corrected chi connectivity index (χ1v) is 6.79. The van der Waals surface area contributed by atoms with E-state index in [0.717, 1.165) is 25.9 Å². The molecule has 1 aliphatic rings. The minimum Gasteiger partial charge on any atom is -0.390 e. The smallest absolute Gasteiger partial charge is 0.0696 e. The van der Waals surface area contributed by atoms with E-state index >= 15 is 0 Å². The van der Waals surface area contributed by atoms with Gasteiger partial charge >= 0.3 is 0 Å². The molecule has 2 heterocycles. The van der Waals surface area contributed by atoms with E-state index in [4.69, 9.17) is 0 Å². The van der Waals surface area contributed by atoms with Crippen LogP contribution in [0.1, 0.15) is 31.6 Å². The summed E-state index contributed by atoms with van der Waals surface area (Å²) in [5, 5.41) is 12.7. The quantitative estimate of drug-likeness (QED) is 0.857. The molecule has 1 N–H and O–H groups in total. The van der Waals surface area contributed by atoms with Crippen molar-refractivity contribution in [1.29, 1.82) is 0 Å². The zero-order chi connectivity index (χ0) is 11.8. The van der Waals surface area contributed by atoms with Crippen LogP contribution in [0.15, 0.2) is 17.5 Å². The summed E-state index contributed by atoms with van der Waals surface area (Å²) in [4.78, 5) is 3.69. The Morgan fingerprint density at radius 2 is 2.00 bits per heavy atom. The minimum atomic E-state index is -0.640. The van der Waals surface area contributed by atoms with Crippen LogP contribution in [0.4, 0.5) is 0 Å². The molecule has 90 valence electrons. The molecule has 1 aromatic rings. The van der Waals surface area contributed by atoms with Crippen LogP contribution in [0.25, 0.3) is 0 Å². The van der Waals surface area contributed by atoms with E-state index in [0.29, 0.717) is 0 Å². The fourth-order valence-corrected chi connectivity index (χ4v) is 3.85. The highest BCUT2D eigenvalue weighted by molar-refractivity contribution is 7.10. The van der Waals surface area contributed by atoms with Crippen molar-refractivity contribution in [2.45, 2.75) is 37.7 Å². The summed E-state index contributed by atoms with van der Waals surface area (Å²) >= 11 is 1.78. The third-order valence-electron chi connectivity index (χ3n) is 4.00. The van der Waals surface area contributed by atoms with Crippen LogP contribution in [0.5, 0.6) is 0 Å². The monoisotopic (exact) mass is 239 g/mol. The summed E-state index contributed by atoms with van der Waals surface area (Å²) in [7, 11) is 2.16. The summed E-state index contributed by atoms with van der Waals surface area (Å²) in [6.45, 7) is 6.06. The summed E-state index contributed by atoms with van der Waals surface area (Å²) < 4.78 is 0. The Morgan fingerprint density at radius 3 is 2.44 bits per heavy atom. The van der Waals surface area contributed by atoms with Crippen molar-refractivity contribution in [2.24, 2.45) is 0 Å². The number of aliphatic hydroxyl groups is 1. The average Bonchev–Trinajstić information content (AvgIpc) is 2.70. The summed E-state index contributed by atoms with van der Waals surface area (Å²) in [5.74, 6) is 0. The first kappa shape index (κ1) is 12.1. The Bertz CT molecular complexity index is 331. The third-order valence-corrected chi connectivity index (χ3v) is 5.08. The maximum atomic E-state index is 10.5. The van der Waals surface area contributed by atoms with E-state index in [-0.39, 0.29) is 5.41 Å². The Balaban J connectivity index is 2.35. The normalized spacial score (nSPS) is 22.2. The topological polar surface area (TPSA) is 23.5 Å². The molecule has 3 heteroatoms. The second kappa shape index (κ2) is 4.13. The predicted molar refractivity (Wildman–Crippen MR) is 69.0 cm³/mol. The van der Waals surface area contributed by atoms with E-state index in [2.05, 4.69) is 29.5 Å². The van der Waals surface area contributed by atoms with Gasteiger partial charge in [-0.05, 0) is 58.3 Å². The van der Waals surface area contributed by atoms with Gasteiger partial charge in [0.15, 0.2) is 0 Å². The second-order valence-corrected chi connectivity index (χ2v) is 6.37. The van der Waals surface area contributed by atoms with Crippen LogP contribution in [0.2, 0.25) is 0 Å². The predicted octanol–water partition coefficient (Wildman–Crippen LogP) is 2.48. The van der Waals surface area contributed by atoms with Gasteiger partial charge in [0.1, 0.15) is 0 Å².